The highest BCUT2D eigenvalue weighted by molar-refractivity contribution is 5.78. The van der Waals surface area contributed by atoms with Crippen LogP contribution in [0.15, 0.2) is 23.7 Å². The van der Waals surface area contributed by atoms with Crippen molar-refractivity contribution < 1.29 is 14.6 Å². The maximum absolute atomic E-state index is 11.2. The average Bonchev–Trinajstić information content (AvgIpc) is 2.13. The van der Waals surface area contributed by atoms with Gasteiger partial charge in [0.2, 0.25) is 0 Å². The largest absolute Gasteiger partial charge is 0.504 e. The summed E-state index contributed by atoms with van der Waals surface area (Å²) in [5.74, 6) is -0.283. The number of aliphatic hydroxyl groups excluding tert-OH is 1. The number of hydrogen-bond donors (Lipinski definition) is 2. The number of esters is 1. The van der Waals surface area contributed by atoms with Crippen LogP contribution in [0.2, 0.25) is 0 Å². The van der Waals surface area contributed by atoms with Crippen LogP contribution in [0, 0.1) is 0 Å². The Bertz CT molecular complexity index is 283. The molecule has 1 heterocycles. The monoisotopic (exact) mass is 184 g/mol. The van der Waals surface area contributed by atoms with Crippen LogP contribution in [-0.4, -0.2) is 36.2 Å². The number of likely N-dealkylation sites (N-methyl/N-ethyl adjacent to an activating group) is 1. The normalized spacial score (nSPS) is 22.0. The van der Waals surface area contributed by atoms with Crippen LogP contribution in [0.3, 0.4) is 0 Å². The summed E-state index contributed by atoms with van der Waals surface area (Å²) in [4.78, 5) is 12.6. The van der Waals surface area contributed by atoms with Gasteiger partial charge in [-0.3, -0.25) is 0 Å². The van der Waals surface area contributed by atoms with Gasteiger partial charge in [-0.25, -0.2) is 4.79 Å². The van der Waals surface area contributed by atoms with Gasteiger partial charge in [-0.2, -0.15) is 0 Å². The fourth-order valence-corrected chi connectivity index (χ4v) is 1.08. The van der Waals surface area contributed by atoms with Gasteiger partial charge < -0.3 is 20.5 Å². The molecule has 1 atom stereocenters. The van der Waals surface area contributed by atoms with Crippen molar-refractivity contribution in [3.63, 3.8) is 0 Å². The van der Waals surface area contributed by atoms with E-state index in [0.717, 1.165) is 0 Å². The summed E-state index contributed by atoms with van der Waals surface area (Å²) in [6.45, 7) is 0. The highest BCUT2D eigenvalue weighted by atomic mass is 16.5. The number of nitrogens with zero attached hydrogens (tertiary/aromatic N) is 1. The van der Waals surface area contributed by atoms with E-state index in [9.17, 15) is 9.90 Å². The Balaban J connectivity index is 2.87. The molecule has 13 heavy (non-hydrogen) atoms. The average molecular weight is 184 g/mol. The third-order valence-electron chi connectivity index (χ3n) is 1.94. The predicted molar refractivity (Wildman–Crippen MR) is 46.5 cm³/mol. The van der Waals surface area contributed by atoms with Crippen molar-refractivity contribution in [2.75, 3.05) is 14.2 Å². The van der Waals surface area contributed by atoms with Crippen molar-refractivity contribution >= 4 is 5.97 Å². The second-order valence-corrected chi connectivity index (χ2v) is 2.71. The van der Waals surface area contributed by atoms with Gasteiger partial charge in [-0.05, 0) is 12.2 Å². The minimum Gasteiger partial charge on any atom is -0.504 e. The fraction of sp³-hybridized carbons (Fsp3) is 0.375. The molecule has 0 aromatic carbocycles. The molecule has 1 aliphatic heterocycles. The van der Waals surface area contributed by atoms with Crippen LogP contribution in [-0.2, 0) is 9.53 Å². The number of rotatable bonds is 1. The Morgan fingerprint density at radius 1 is 1.77 bits per heavy atom. The van der Waals surface area contributed by atoms with Crippen LogP contribution < -0.4 is 5.73 Å². The lowest BCUT2D eigenvalue weighted by molar-refractivity contribution is -0.144. The van der Waals surface area contributed by atoms with Crippen LogP contribution in [0.25, 0.3) is 0 Å². The summed E-state index contributed by atoms with van der Waals surface area (Å²) in [6.07, 6.45) is 2.91. The van der Waals surface area contributed by atoms with E-state index in [2.05, 4.69) is 4.74 Å². The van der Waals surface area contributed by atoms with Gasteiger partial charge in [0.25, 0.3) is 0 Å². The molecule has 0 saturated heterocycles. The number of ether oxygens (including phenoxy) is 1. The third kappa shape index (κ3) is 1.58. The molecule has 0 aliphatic carbocycles. The molecule has 0 spiro atoms. The molecule has 0 radical (unpaired) electrons. The van der Waals surface area contributed by atoms with E-state index >= 15 is 0 Å². The van der Waals surface area contributed by atoms with Crippen molar-refractivity contribution in [3.8, 4) is 0 Å². The number of allylic oxidation sites excluding steroid dienone is 1. The Morgan fingerprint density at radius 3 is 2.92 bits per heavy atom. The number of methoxy groups -OCH3 is 1. The molecule has 0 fully saturated rings. The van der Waals surface area contributed by atoms with Gasteiger partial charge in [-0.1, -0.05) is 0 Å². The zero-order valence-corrected chi connectivity index (χ0v) is 7.52. The van der Waals surface area contributed by atoms with E-state index in [1.54, 1.807) is 7.05 Å². The summed E-state index contributed by atoms with van der Waals surface area (Å²) in [5.41, 5.74) is 5.50. The summed E-state index contributed by atoms with van der Waals surface area (Å²) in [7, 11) is 2.91. The van der Waals surface area contributed by atoms with E-state index in [1.807, 2.05) is 0 Å². The smallest absolute Gasteiger partial charge is 0.332 e. The number of carbonyl (C=O) groups is 1. The lowest BCUT2D eigenvalue weighted by atomic mass is 10.1. The van der Waals surface area contributed by atoms with E-state index in [0.29, 0.717) is 0 Å². The Labute approximate surface area is 76.1 Å². The number of carbonyl (C=O) groups excluding carboxylic acids is 1. The third-order valence-corrected chi connectivity index (χ3v) is 1.94. The molecule has 3 N–H and O–H groups in total. The molecule has 1 unspecified atom stereocenters. The van der Waals surface area contributed by atoms with Gasteiger partial charge in [0, 0.05) is 7.05 Å². The quantitative estimate of drug-likeness (QED) is 0.548. The molecule has 0 saturated carbocycles. The summed E-state index contributed by atoms with van der Waals surface area (Å²) < 4.78 is 4.55. The number of hydrogen-bond acceptors (Lipinski definition) is 5. The van der Waals surface area contributed by atoms with E-state index in [-0.39, 0.29) is 11.6 Å². The standard InChI is InChI=1S/C8H12N2O3/c1-10-5(8(12)13-2)3-4-6(11)7(10)9/h3-5,11H,9H2,1-2H3. The van der Waals surface area contributed by atoms with Gasteiger partial charge in [0.05, 0.1) is 7.11 Å². The van der Waals surface area contributed by atoms with E-state index in [4.69, 9.17) is 5.73 Å². The molecule has 5 nitrogen and oxygen atoms in total. The van der Waals surface area contributed by atoms with Crippen molar-refractivity contribution in [1.29, 1.82) is 0 Å². The highest BCUT2D eigenvalue weighted by Gasteiger charge is 2.26. The van der Waals surface area contributed by atoms with E-state index < -0.39 is 12.0 Å². The zero-order chi connectivity index (χ0) is 10.0. The molecular formula is C8H12N2O3. The lowest BCUT2D eigenvalue weighted by Gasteiger charge is -2.28. The zero-order valence-electron chi connectivity index (χ0n) is 7.52. The van der Waals surface area contributed by atoms with Gasteiger partial charge in [-0.15, -0.1) is 0 Å². The maximum Gasteiger partial charge on any atom is 0.332 e. The van der Waals surface area contributed by atoms with Crippen molar-refractivity contribution in [1.82, 2.24) is 4.90 Å². The predicted octanol–water partition coefficient (Wildman–Crippen LogP) is -0.285. The molecule has 5 heteroatoms. The molecule has 0 aromatic heterocycles. The fourth-order valence-electron chi connectivity index (χ4n) is 1.08. The molecule has 1 rings (SSSR count). The number of nitrogens with two attached hydrogens (primary N) is 1. The van der Waals surface area contributed by atoms with Gasteiger partial charge in [0.15, 0.2) is 5.76 Å². The van der Waals surface area contributed by atoms with Crippen molar-refractivity contribution in [2.45, 2.75) is 6.04 Å². The van der Waals surface area contributed by atoms with Crippen molar-refractivity contribution in [3.05, 3.63) is 23.7 Å². The Kier molecular flexibility index (Phi) is 2.46. The summed E-state index contributed by atoms with van der Waals surface area (Å²) in [5, 5.41) is 9.19. The Morgan fingerprint density at radius 2 is 2.38 bits per heavy atom. The van der Waals surface area contributed by atoms with Crippen LogP contribution >= 0.6 is 0 Å². The first-order valence-corrected chi connectivity index (χ1v) is 3.75. The summed E-state index contributed by atoms with van der Waals surface area (Å²) >= 11 is 0. The second kappa shape index (κ2) is 3.38. The minimum absolute atomic E-state index is 0.0392. The second-order valence-electron chi connectivity index (χ2n) is 2.71. The summed E-state index contributed by atoms with van der Waals surface area (Å²) in [6, 6.07) is -0.555. The molecular weight excluding hydrogens is 172 g/mol. The van der Waals surface area contributed by atoms with Gasteiger partial charge >= 0.3 is 5.97 Å². The lowest BCUT2D eigenvalue weighted by Crippen LogP contribution is -2.41. The number of aliphatic hydroxyl groups is 1. The van der Waals surface area contributed by atoms with E-state index in [1.165, 1.54) is 24.2 Å². The van der Waals surface area contributed by atoms with Crippen LogP contribution in [0.1, 0.15) is 0 Å². The topological polar surface area (TPSA) is 75.8 Å². The molecule has 0 aromatic rings. The van der Waals surface area contributed by atoms with Crippen LogP contribution in [0.4, 0.5) is 0 Å². The highest BCUT2D eigenvalue weighted by Crippen LogP contribution is 2.14. The van der Waals surface area contributed by atoms with Crippen molar-refractivity contribution in [2.24, 2.45) is 5.73 Å². The van der Waals surface area contributed by atoms with Gasteiger partial charge in [0.1, 0.15) is 11.9 Å². The minimum atomic E-state index is -0.555. The Hall–Kier alpha value is -1.65. The first-order chi connectivity index (χ1) is 6.07. The molecule has 1 aliphatic rings. The maximum atomic E-state index is 11.2. The first-order valence-electron chi connectivity index (χ1n) is 3.75. The molecule has 0 bridgehead atoms. The molecule has 72 valence electrons. The van der Waals surface area contributed by atoms with Crippen LogP contribution in [0.5, 0.6) is 0 Å². The first kappa shape index (κ1) is 9.44. The SMILES string of the molecule is COC(=O)C1C=CC(O)=C(N)N1C. The molecule has 0 amide bonds.